The van der Waals surface area contributed by atoms with Crippen molar-refractivity contribution in [3.05, 3.63) is 41.3 Å². The lowest BCUT2D eigenvalue weighted by Gasteiger charge is -2.36. The smallest absolute Gasteiger partial charge is 0.257 e. The summed E-state index contributed by atoms with van der Waals surface area (Å²) in [5, 5.41) is 0. The lowest BCUT2D eigenvalue weighted by molar-refractivity contribution is 0.0743. The summed E-state index contributed by atoms with van der Waals surface area (Å²) < 4.78 is 5.45. The van der Waals surface area contributed by atoms with Gasteiger partial charge >= 0.3 is 0 Å². The highest BCUT2D eigenvalue weighted by molar-refractivity contribution is 7.98. The number of amides is 1. The maximum Gasteiger partial charge on any atom is 0.257 e. The molecular weight excluding hydrogens is 372 g/mol. The van der Waals surface area contributed by atoms with Crippen molar-refractivity contribution in [2.24, 2.45) is 0 Å². The highest BCUT2D eigenvalue weighted by Gasteiger charge is 2.25. The second kappa shape index (κ2) is 8.82. The third-order valence-electron chi connectivity index (χ3n) is 4.90. The van der Waals surface area contributed by atoms with Crippen LogP contribution in [0.15, 0.2) is 29.2 Å². The first-order valence-corrected chi connectivity index (χ1v) is 10.8. The van der Waals surface area contributed by atoms with Crippen LogP contribution in [-0.4, -0.2) is 60.3 Å². The molecule has 3 rings (SSSR count). The number of benzene rings is 1. The van der Waals surface area contributed by atoms with Gasteiger partial charge in [0.2, 0.25) is 0 Å². The minimum atomic E-state index is 0.0193. The molecule has 0 radical (unpaired) electrons. The fraction of sp³-hybridized carbons (Fsp3) is 0.476. The molecule has 0 unspecified atom stereocenters. The molecule has 1 fully saturated rings. The van der Waals surface area contributed by atoms with Crippen LogP contribution < -0.4 is 9.64 Å². The van der Waals surface area contributed by atoms with Gasteiger partial charge in [0.05, 0.1) is 12.7 Å². The summed E-state index contributed by atoms with van der Waals surface area (Å²) in [4.78, 5) is 27.5. The molecule has 1 amide bonds. The highest BCUT2D eigenvalue weighted by Crippen LogP contribution is 2.27. The fourth-order valence-electron chi connectivity index (χ4n) is 3.28. The molecule has 0 N–H and O–H groups in total. The molecule has 1 aromatic heterocycles. The summed E-state index contributed by atoms with van der Waals surface area (Å²) in [6.45, 7) is 9.03. The van der Waals surface area contributed by atoms with E-state index in [-0.39, 0.29) is 5.91 Å². The first-order valence-electron chi connectivity index (χ1n) is 9.54. The Morgan fingerprint density at radius 1 is 1.14 bits per heavy atom. The zero-order valence-corrected chi connectivity index (χ0v) is 18.0. The maximum absolute atomic E-state index is 13.0. The third-order valence-corrected chi connectivity index (χ3v) is 5.63. The number of hydrogen-bond donors (Lipinski definition) is 0. The number of methoxy groups -OCH3 is 1. The molecule has 1 saturated heterocycles. The number of aromatic nitrogens is 2. The Hall–Kier alpha value is -2.28. The van der Waals surface area contributed by atoms with Crippen LogP contribution in [0.5, 0.6) is 5.75 Å². The zero-order valence-electron chi connectivity index (χ0n) is 17.2. The minimum absolute atomic E-state index is 0.0193. The van der Waals surface area contributed by atoms with Gasteiger partial charge in [-0.3, -0.25) is 4.79 Å². The molecule has 28 heavy (non-hydrogen) atoms. The number of nitrogens with zero attached hydrogens (tertiary/aromatic N) is 4. The molecule has 0 bridgehead atoms. The van der Waals surface area contributed by atoms with Crippen molar-refractivity contribution in [1.82, 2.24) is 14.9 Å². The van der Waals surface area contributed by atoms with Gasteiger partial charge in [-0.1, -0.05) is 13.8 Å². The quantitative estimate of drug-likeness (QED) is 0.715. The number of carbonyl (C=O) groups excluding carboxylic acids is 1. The number of piperazine rings is 1. The molecule has 150 valence electrons. The van der Waals surface area contributed by atoms with E-state index in [1.165, 1.54) is 0 Å². The van der Waals surface area contributed by atoms with Crippen LogP contribution in [0.25, 0.3) is 0 Å². The summed E-state index contributed by atoms with van der Waals surface area (Å²) in [7, 11) is 1.61. The SMILES string of the molecule is COc1cc(SC)ccc1C(=O)N1CCN(c2cc(C)nc(C(C)C)n2)CC1. The van der Waals surface area contributed by atoms with E-state index in [0.717, 1.165) is 35.3 Å². The van der Waals surface area contributed by atoms with Gasteiger partial charge in [0.15, 0.2) is 0 Å². The first kappa shape index (κ1) is 20.5. The lowest BCUT2D eigenvalue weighted by Crippen LogP contribution is -2.49. The average molecular weight is 401 g/mol. The number of thioether (sulfide) groups is 1. The van der Waals surface area contributed by atoms with Crippen molar-refractivity contribution in [2.75, 3.05) is 44.4 Å². The largest absolute Gasteiger partial charge is 0.496 e. The Balaban J connectivity index is 1.71. The second-order valence-corrected chi connectivity index (χ2v) is 8.11. The molecule has 1 aliphatic heterocycles. The Morgan fingerprint density at radius 2 is 1.86 bits per heavy atom. The van der Waals surface area contributed by atoms with Crippen LogP contribution in [0.1, 0.15) is 41.6 Å². The van der Waals surface area contributed by atoms with Crippen LogP contribution in [0.4, 0.5) is 5.82 Å². The van der Waals surface area contributed by atoms with Crippen LogP contribution in [0.2, 0.25) is 0 Å². The van der Waals surface area contributed by atoms with Gasteiger partial charge in [0, 0.05) is 48.8 Å². The van der Waals surface area contributed by atoms with Crippen molar-refractivity contribution in [1.29, 1.82) is 0 Å². The van der Waals surface area contributed by atoms with Gasteiger partial charge in [-0.25, -0.2) is 9.97 Å². The van der Waals surface area contributed by atoms with Crippen LogP contribution in [-0.2, 0) is 0 Å². The zero-order chi connectivity index (χ0) is 20.3. The van der Waals surface area contributed by atoms with Crippen molar-refractivity contribution in [2.45, 2.75) is 31.6 Å². The molecule has 2 heterocycles. The van der Waals surface area contributed by atoms with Gasteiger partial charge in [-0.15, -0.1) is 11.8 Å². The minimum Gasteiger partial charge on any atom is -0.496 e. The lowest BCUT2D eigenvalue weighted by atomic mass is 10.1. The second-order valence-electron chi connectivity index (χ2n) is 7.23. The van der Waals surface area contributed by atoms with E-state index in [4.69, 9.17) is 9.72 Å². The van der Waals surface area contributed by atoms with E-state index in [1.807, 2.05) is 42.3 Å². The number of hydrogen-bond acceptors (Lipinski definition) is 6. The number of carbonyl (C=O) groups is 1. The van der Waals surface area contributed by atoms with Crippen molar-refractivity contribution < 1.29 is 9.53 Å². The summed E-state index contributed by atoms with van der Waals surface area (Å²) in [6.07, 6.45) is 2.01. The highest BCUT2D eigenvalue weighted by atomic mass is 32.2. The molecule has 6 nitrogen and oxygen atoms in total. The monoisotopic (exact) mass is 400 g/mol. The van der Waals surface area contributed by atoms with Crippen molar-refractivity contribution in [3.63, 3.8) is 0 Å². The predicted octanol–water partition coefficient (Wildman–Crippen LogP) is 3.60. The molecule has 0 aliphatic carbocycles. The molecule has 2 aromatic rings. The topological polar surface area (TPSA) is 58.6 Å². The molecule has 0 spiro atoms. The molecular formula is C21H28N4O2S. The molecule has 1 aromatic carbocycles. The van der Waals surface area contributed by atoms with Gasteiger partial charge < -0.3 is 14.5 Å². The average Bonchev–Trinajstić information content (AvgIpc) is 2.72. The standard InChI is InChI=1S/C21H28N4O2S/c1-14(2)20-22-15(3)12-19(23-20)24-8-10-25(11-9-24)21(26)17-7-6-16(28-5)13-18(17)27-4/h6-7,12-14H,8-11H2,1-5H3. The summed E-state index contributed by atoms with van der Waals surface area (Å²) >= 11 is 1.63. The number of rotatable bonds is 5. The molecule has 0 atom stereocenters. The normalized spacial score (nSPS) is 14.5. The Morgan fingerprint density at radius 3 is 2.46 bits per heavy atom. The van der Waals surface area contributed by atoms with Crippen LogP contribution in [0.3, 0.4) is 0 Å². The van der Waals surface area contributed by atoms with Crippen molar-refractivity contribution >= 4 is 23.5 Å². The number of ether oxygens (including phenoxy) is 1. The molecule has 0 saturated carbocycles. The third kappa shape index (κ3) is 4.41. The summed E-state index contributed by atoms with van der Waals surface area (Å²) in [5.41, 5.74) is 1.60. The molecule has 1 aliphatic rings. The van der Waals surface area contributed by atoms with Crippen molar-refractivity contribution in [3.8, 4) is 5.75 Å². The number of anilines is 1. The number of aryl methyl sites for hydroxylation is 1. The Bertz CT molecular complexity index is 848. The maximum atomic E-state index is 13.0. The Kier molecular flexibility index (Phi) is 6.44. The van der Waals surface area contributed by atoms with E-state index in [2.05, 4.69) is 23.7 Å². The van der Waals surface area contributed by atoms with E-state index in [9.17, 15) is 4.79 Å². The van der Waals surface area contributed by atoms with E-state index in [1.54, 1.807) is 18.9 Å². The van der Waals surface area contributed by atoms with E-state index >= 15 is 0 Å². The van der Waals surface area contributed by atoms with E-state index in [0.29, 0.717) is 30.3 Å². The fourth-order valence-corrected chi connectivity index (χ4v) is 3.71. The van der Waals surface area contributed by atoms with E-state index < -0.39 is 0 Å². The van der Waals surface area contributed by atoms with Gasteiger partial charge in [-0.05, 0) is 31.4 Å². The van der Waals surface area contributed by atoms with Gasteiger partial charge in [-0.2, -0.15) is 0 Å². The summed E-state index contributed by atoms with van der Waals surface area (Å²) in [6, 6.07) is 7.77. The van der Waals surface area contributed by atoms with Crippen LogP contribution in [0, 0.1) is 6.92 Å². The van der Waals surface area contributed by atoms with Crippen LogP contribution >= 0.6 is 11.8 Å². The predicted molar refractivity (Wildman–Crippen MR) is 114 cm³/mol. The van der Waals surface area contributed by atoms with Gasteiger partial charge in [0.1, 0.15) is 17.4 Å². The molecule has 7 heteroatoms. The summed E-state index contributed by atoms with van der Waals surface area (Å²) in [5.74, 6) is 2.76. The Labute approximate surface area is 171 Å². The first-order chi connectivity index (χ1) is 13.4. The van der Waals surface area contributed by atoms with Gasteiger partial charge in [0.25, 0.3) is 5.91 Å².